The third kappa shape index (κ3) is 4.60. The van der Waals surface area contributed by atoms with Gasteiger partial charge >= 0.3 is 0 Å². The number of aromatic nitrogens is 4. The topological polar surface area (TPSA) is 162 Å². The lowest BCUT2D eigenvalue weighted by Gasteiger charge is -2.17. The van der Waals surface area contributed by atoms with E-state index < -0.39 is 6.04 Å². The van der Waals surface area contributed by atoms with Crippen LogP contribution < -0.4 is 16.8 Å². The summed E-state index contributed by atoms with van der Waals surface area (Å²) in [4.78, 5) is 21.1. The molecule has 1 unspecified atom stereocenters. The molecular weight excluding hydrogens is 440 g/mol. The van der Waals surface area contributed by atoms with Crippen LogP contribution in [0.25, 0.3) is 22.2 Å². The van der Waals surface area contributed by atoms with Crippen LogP contribution in [0, 0.1) is 5.41 Å². The molecule has 2 heterocycles. The fourth-order valence-corrected chi connectivity index (χ4v) is 3.98. The summed E-state index contributed by atoms with van der Waals surface area (Å²) in [6, 6.07) is 22.1. The van der Waals surface area contributed by atoms with Gasteiger partial charge in [0.1, 0.15) is 11.7 Å². The predicted octanol–water partition coefficient (Wildman–Crippen LogP) is 3.53. The molecule has 0 saturated heterocycles. The monoisotopic (exact) mass is 464 g/mol. The Morgan fingerprint density at radius 2 is 1.77 bits per heavy atom. The Morgan fingerprint density at radius 1 is 1.03 bits per heavy atom. The maximum absolute atomic E-state index is 13.2. The number of imidazole rings is 1. The van der Waals surface area contributed by atoms with Crippen LogP contribution in [-0.2, 0) is 6.42 Å². The first-order valence-corrected chi connectivity index (χ1v) is 11.1. The van der Waals surface area contributed by atoms with E-state index in [2.05, 4.69) is 25.5 Å². The van der Waals surface area contributed by atoms with Crippen LogP contribution in [0.1, 0.15) is 33.4 Å². The van der Waals surface area contributed by atoms with Gasteiger partial charge in [-0.2, -0.15) is 5.10 Å². The summed E-state index contributed by atoms with van der Waals surface area (Å²) in [5, 5.41) is 18.3. The number of benzene rings is 3. The molecule has 1 amide bonds. The minimum absolute atomic E-state index is 0.0171. The van der Waals surface area contributed by atoms with Crippen molar-refractivity contribution in [2.75, 3.05) is 5.73 Å². The van der Waals surface area contributed by atoms with Gasteiger partial charge in [-0.25, -0.2) is 4.98 Å². The van der Waals surface area contributed by atoms with Gasteiger partial charge in [0.25, 0.3) is 5.91 Å². The SMILES string of the molecule is N=C(N)c1ccc(-c2cnc(C(Cc3ccccc3)NC(=O)c3ccc4c(N)n[nH]c4c3)[nH]2)cc1. The molecule has 174 valence electrons. The number of amides is 1. The highest BCUT2D eigenvalue weighted by atomic mass is 16.1. The van der Waals surface area contributed by atoms with Gasteiger partial charge in [-0.05, 0) is 35.7 Å². The van der Waals surface area contributed by atoms with Crippen molar-refractivity contribution in [3.05, 3.63) is 102 Å². The van der Waals surface area contributed by atoms with Gasteiger partial charge in [0, 0.05) is 16.5 Å². The quantitative estimate of drug-likeness (QED) is 0.160. The first-order chi connectivity index (χ1) is 17.0. The van der Waals surface area contributed by atoms with Gasteiger partial charge in [0.2, 0.25) is 0 Å². The van der Waals surface area contributed by atoms with Crippen LogP contribution in [-0.4, -0.2) is 31.9 Å². The van der Waals surface area contributed by atoms with E-state index in [4.69, 9.17) is 16.9 Å². The lowest BCUT2D eigenvalue weighted by Crippen LogP contribution is -2.30. The second-order valence-corrected chi connectivity index (χ2v) is 8.26. The molecule has 5 rings (SSSR count). The fourth-order valence-electron chi connectivity index (χ4n) is 3.98. The van der Waals surface area contributed by atoms with Crippen molar-refractivity contribution in [3.8, 4) is 11.3 Å². The molecular formula is C26H24N8O. The number of rotatable bonds is 7. The highest BCUT2D eigenvalue weighted by molar-refractivity contribution is 5.99. The van der Waals surface area contributed by atoms with Crippen molar-refractivity contribution < 1.29 is 4.79 Å². The van der Waals surface area contributed by atoms with Crippen molar-refractivity contribution >= 4 is 28.5 Å². The summed E-state index contributed by atoms with van der Waals surface area (Å²) in [7, 11) is 0. The molecule has 5 aromatic rings. The second kappa shape index (κ2) is 9.14. The molecule has 9 nitrogen and oxygen atoms in total. The van der Waals surface area contributed by atoms with Crippen LogP contribution in [0.5, 0.6) is 0 Å². The van der Waals surface area contributed by atoms with Gasteiger partial charge in [0.05, 0.1) is 23.4 Å². The van der Waals surface area contributed by atoms with E-state index in [-0.39, 0.29) is 11.7 Å². The third-order valence-corrected chi connectivity index (χ3v) is 5.87. The number of H-pyrrole nitrogens is 2. The van der Waals surface area contributed by atoms with Crippen LogP contribution in [0.3, 0.4) is 0 Å². The van der Waals surface area contributed by atoms with E-state index in [0.717, 1.165) is 22.2 Å². The zero-order valence-corrected chi connectivity index (χ0v) is 18.7. The molecule has 0 fully saturated rings. The number of nitrogens with one attached hydrogen (secondary N) is 4. The molecule has 2 aromatic heterocycles. The number of amidine groups is 1. The number of nitrogen functional groups attached to an aromatic ring is 2. The number of anilines is 1. The minimum Gasteiger partial charge on any atom is -0.384 e. The molecule has 8 N–H and O–H groups in total. The summed E-state index contributed by atoms with van der Waals surface area (Å²) in [6.45, 7) is 0. The summed E-state index contributed by atoms with van der Waals surface area (Å²) < 4.78 is 0. The molecule has 9 heteroatoms. The smallest absolute Gasteiger partial charge is 0.251 e. The first kappa shape index (κ1) is 21.9. The lowest BCUT2D eigenvalue weighted by molar-refractivity contribution is 0.0935. The number of nitrogens with two attached hydrogens (primary N) is 2. The predicted molar refractivity (Wildman–Crippen MR) is 136 cm³/mol. The first-order valence-electron chi connectivity index (χ1n) is 11.1. The number of fused-ring (bicyclic) bond motifs is 1. The number of hydrogen-bond acceptors (Lipinski definition) is 5. The molecule has 3 aromatic carbocycles. The molecule has 0 saturated carbocycles. The number of hydrogen-bond donors (Lipinski definition) is 6. The van der Waals surface area contributed by atoms with E-state index in [9.17, 15) is 4.79 Å². The maximum atomic E-state index is 13.2. The van der Waals surface area contributed by atoms with Crippen molar-refractivity contribution in [1.29, 1.82) is 5.41 Å². The van der Waals surface area contributed by atoms with Gasteiger partial charge in [-0.15, -0.1) is 0 Å². The standard InChI is InChI=1S/C26H24N8O/c27-23(28)17-8-6-16(7-9-17)22-14-30-25(31-22)21(12-15-4-2-1-3-5-15)32-26(35)18-10-11-19-20(13-18)33-34-24(19)29/h1-11,13-14,21H,12H2,(H3,27,28)(H,30,31)(H,32,35)(H3,29,33,34). The number of carbonyl (C=O) groups excluding carboxylic acids is 1. The Labute approximate surface area is 201 Å². The average molecular weight is 465 g/mol. The molecule has 0 aliphatic heterocycles. The largest absolute Gasteiger partial charge is 0.384 e. The average Bonchev–Trinajstić information content (AvgIpc) is 3.51. The summed E-state index contributed by atoms with van der Waals surface area (Å²) in [6.07, 6.45) is 2.30. The Hall–Kier alpha value is -4.92. The van der Waals surface area contributed by atoms with E-state index in [0.29, 0.717) is 34.7 Å². The van der Waals surface area contributed by atoms with Crippen molar-refractivity contribution in [2.45, 2.75) is 12.5 Å². The highest BCUT2D eigenvalue weighted by Gasteiger charge is 2.20. The molecule has 1 atom stereocenters. The molecule has 0 aliphatic rings. The van der Waals surface area contributed by atoms with E-state index >= 15 is 0 Å². The van der Waals surface area contributed by atoms with Gasteiger partial charge in [-0.1, -0.05) is 54.6 Å². The molecule has 0 radical (unpaired) electrons. The normalized spacial score (nSPS) is 11.9. The van der Waals surface area contributed by atoms with Crippen LogP contribution in [0.4, 0.5) is 5.82 Å². The molecule has 35 heavy (non-hydrogen) atoms. The van der Waals surface area contributed by atoms with Gasteiger partial charge < -0.3 is 21.8 Å². The maximum Gasteiger partial charge on any atom is 0.251 e. The zero-order valence-electron chi connectivity index (χ0n) is 18.7. The zero-order chi connectivity index (χ0) is 24.4. The van der Waals surface area contributed by atoms with Crippen molar-refractivity contribution in [2.24, 2.45) is 5.73 Å². The Bertz CT molecular complexity index is 1500. The lowest BCUT2D eigenvalue weighted by atomic mass is 10.0. The summed E-state index contributed by atoms with van der Waals surface area (Å²) in [5.74, 6) is 0.821. The molecule has 0 spiro atoms. The number of carbonyl (C=O) groups is 1. The van der Waals surface area contributed by atoms with Crippen LogP contribution >= 0.6 is 0 Å². The Balaban J connectivity index is 1.43. The Morgan fingerprint density at radius 3 is 2.51 bits per heavy atom. The third-order valence-electron chi connectivity index (χ3n) is 5.87. The summed E-state index contributed by atoms with van der Waals surface area (Å²) >= 11 is 0. The second-order valence-electron chi connectivity index (χ2n) is 8.26. The fraction of sp³-hybridized carbons (Fsp3) is 0.0769. The number of aromatic amines is 2. The van der Waals surface area contributed by atoms with Crippen LogP contribution in [0.15, 0.2) is 79.0 Å². The minimum atomic E-state index is -0.391. The highest BCUT2D eigenvalue weighted by Crippen LogP contribution is 2.24. The number of nitrogens with zero attached hydrogens (tertiary/aromatic N) is 2. The summed E-state index contributed by atoms with van der Waals surface area (Å²) in [5.41, 5.74) is 16.0. The van der Waals surface area contributed by atoms with Gasteiger partial charge in [-0.3, -0.25) is 15.3 Å². The van der Waals surface area contributed by atoms with E-state index in [1.54, 1.807) is 36.5 Å². The van der Waals surface area contributed by atoms with Gasteiger partial charge in [0.15, 0.2) is 5.82 Å². The van der Waals surface area contributed by atoms with Crippen molar-refractivity contribution in [3.63, 3.8) is 0 Å². The van der Waals surface area contributed by atoms with E-state index in [1.165, 1.54) is 0 Å². The Kier molecular flexibility index (Phi) is 5.72. The van der Waals surface area contributed by atoms with Crippen molar-refractivity contribution in [1.82, 2.24) is 25.5 Å². The molecule has 0 bridgehead atoms. The van der Waals surface area contributed by atoms with E-state index in [1.807, 2.05) is 42.5 Å². The van der Waals surface area contributed by atoms with Crippen LogP contribution in [0.2, 0.25) is 0 Å². The molecule has 0 aliphatic carbocycles.